The van der Waals surface area contributed by atoms with E-state index in [0.717, 1.165) is 12.8 Å². The largest absolute Gasteiger partial charge is 0.261 e. The zero-order chi connectivity index (χ0) is 11.7. The molecule has 0 fully saturated rings. The molecule has 3 rings (SSSR count). The number of rotatable bonds is 1. The Hall–Kier alpha value is -1.89. The first-order chi connectivity index (χ1) is 8.34. The van der Waals surface area contributed by atoms with Crippen LogP contribution in [-0.4, -0.2) is 4.98 Å². The molecule has 1 aliphatic rings. The second kappa shape index (κ2) is 4.17. The second-order valence-electron chi connectivity index (χ2n) is 4.62. The normalized spacial score (nSPS) is 18.8. The lowest BCUT2D eigenvalue weighted by Gasteiger charge is -2.25. The first-order valence-corrected chi connectivity index (χ1v) is 6.01. The standard InChI is InChI=1S/C16H15N/c1-12-10-14(13-6-3-2-4-7-13)11-16-15(12)8-5-9-17-16/h2-9,14H,1,10-11H2. The second-order valence-corrected chi connectivity index (χ2v) is 4.62. The maximum atomic E-state index is 4.48. The molecule has 0 spiro atoms. The molecule has 1 unspecified atom stereocenters. The SMILES string of the molecule is C=C1CC(c2ccccc2)Cc2ncccc21. The van der Waals surface area contributed by atoms with Gasteiger partial charge in [-0.15, -0.1) is 0 Å². The van der Waals surface area contributed by atoms with E-state index < -0.39 is 0 Å². The van der Waals surface area contributed by atoms with Gasteiger partial charge in [0.2, 0.25) is 0 Å². The zero-order valence-electron chi connectivity index (χ0n) is 9.76. The molecule has 0 amide bonds. The summed E-state index contributed by atoms with van der Waals surface area (Å²) in [4.78, 5) is 4.48. The molecule has 17 heavy (non-hydrogen) atoms. The Bertz CT molecular complexity index is 542. The third-order valence-electron chi connectivity index (χ3n) is 3.47. The summed E-state index contributed by atoms with van der Waals surface area (Å²) < 4.78 is 0. The Morgan fingerprint density at radius 3 is 2.65 bits per heavy atom. The van der Waals surface area contributed by atoms with Crippen molar-refractivity contribution in [1.82, 2.24) is 4.98 Å². The highest BCUT2D eigenvalue weighted by Crippen LogP contribution is 2.37. The van der Waals surface area contributed by atoms with Crippen LogP contribution in [0.1, 0.15) is 29.2 Å². The average molecular weight is 221 g/mol. The molecule has 0 radical (unpaired) electrons. The molecule has 0 bridgehead atoms. The van der Waals surface area contributed by atoms with Gasteiger partial charge < -0.3 is 0 Å². The summed E-state index contributed by atoms with van der Waals surface area (Å²) in [6, 6.07) is 14.8. The number of benzene rings is 1. The molecule has 0 saturated carbocycles. The molecular weight excluding hydrogens is 206 g/mol. The van der Waals surface area contributed by atoms with Gasteiger partial charge in [0.1, 0.15) is 0 Å². The van der Waals surface area contributed by atoms with Crippen LogP contribution < -0.4 is 0 Å². The maximum Gasteiger partial charge on any atom is 0.0484 e. The van der Waals surface area contributed by atoms with Gasteiger partial charge in [-0.2, -0.15) is 0 Å². The van der Waals surface area contributed by atoms with Gasteiger partial charge in [-0.05, 0) is 41.5 Å². The lowest BCUT2D eigenvalue weighted by atomic mass is 9.80. The van der Waals surface area contributed by atoms with Crippen molar-refractivity contribution >= 4 is 5.57 Å². The van der Waals surface area contributed by atoms with E-state index in [0.29, 0.717) is 5.92 Å². The van der Waals surface area contributed by atoms with Crippen LogP contribution in [0.2, 0.25) is 0 Å². The first-order valence-electron chi connectivity index (χ1n) is 6.01. The van der Waals surface area contributed by atoms with E-state index in [4.69, 9.17) is 0 Å². The van der Waals surface area contributed by atoms with Crippen molar-refractivity contribution in [3.05, 3.63) is 72.1 Å². The Labute approximate surface area is 102 Å². The first kappa shape index (κ1) is 10.3. The Balaban J connectivity index is 1.97. The molecule has 1 aliphatic carbocycles. The van der Waals surface area contributed by atoms with Gasteiger partial charge in [-0.3, -0.25) is 4.98 Å². The van der Waals surface area contributed by atoms with Crippen molar-refractivity contribution in [3.8, 4) is 0 Å². The Kier molecular flexibility index (Phi) is 2.52. The fraction of sp³-hybridized carbons (Fsp3) is 0.188. The minimum Gasteiger partial charge on any atom is -0.261 e. The lowest BCUT2D eigenvalue weighted by Crippen LogP contribution is -2.12. The van der Waals surface area contributed by atoms with Crippen molar-refractivity contribution in [1.29, 1.82) is 0 Å². The average Bonchev–Trinajstić information content (AvgIpc) is 2.40. The third-order valence-corrected chi connectivity index (χ3v) is 3.47. The van der Waals surface area contributed by atoms with E-state index >= 15 is 0 Å². The van der Waals surface area contributed by atoms with Gasteiger partial charge in [0, 0.05) is 11.9 Å². The highest BCUT2D eigenvalue weighted by atomic mass is 14.7. The molecule has 84 valence electrons. The number of pyridine rings is 1. The summed E-state index contributed by atoms with van der Waals surface area (Å²) in [5, 5.41) is 0. The number of allylic oxidation sites excluding steroid dienone is 1. The van der Waals surface area contributed by atoms with E-state index in [1.165, 1.54) is 22.4 Å². The lowest BCUT2D eigenvalue weighted by molar-refractivity contribution is 0.669. The number of fused-ring (bicyclic) bond motifs is 1. The maximum absolute atomic E-state index is 4.48. The summed E-state index contributed by atoms with van der Waals surface area (Å²) in [6.07, 6.45) is 3.95. The van der Waals surface area contributed by atoms with Gasteiger partial charge in [-0.25, -0.2) is 0 Å². The van der Waals surface area contributed by atoms with Crippen molar-refractivity contribution in [2.24, 2.45) is 0 Å². The molecule has 0 saturated heterocycles. The molecule has 1 aromatic carbocycles. The number of nitrogens with zero attached hydrogens (tertiary/aromatic N) is 1. The van der Waals surface area contributed by atoms with E-state index in [1.807, 2.05) is 12.3 Å². The van der Waals surface area contributed by atoms with Gasteiger partial charge in [-0.1, -0.05) is 43.0 Å². The molecule has 1 heterocycles. The van der Waals surface area contributed by atoms with Gasteiger partial charge in [0.05, 0.1) is 0 Å². The third kappa shape index (κ3) is 1.89. The predicted molar refractivity (Wildman–Crippen MR) is 70.8 cm³/mol. The van der Waals surface area contributed by atoms with Crippen LogP contribution in [0.5, 0.6) is 0 Å². The van der Waals surface area contributed by atoms with Gasteiger partial charge in [0.25, 0.3) is 0 Å². The fourth-order valence-electron chi connectivity index (χ4n) is 2.60. The van der Waals surface area contributed by atoms with Crippen LogP contribution in [0.25, 0.3) is 5.57 Å². The molecule has 1 aromatic heterocycles. The minimum absolute atomic E-state index is 0.533. The van der Waals surface area contributed by atoms with E-state index in [9.17, 15) is 0 Å². The number of hydrogen-bond acceptors (Lipinski definition) is 1. The molecular formula is C16H15N. The summed E-state index contributed by atoms with van der Waals surface area (Å²) in [5.41, 5.74) is 5.05. The van der Waals surface area contributed by atoms with Gasteiger partial charge in [0.15, 0.2) is 0 Å². The molecule has 2 aromatic rings. The zero-order valence-corrected chi connectivity index (χ0v) is 9.76. The monoisotopic (exact) mass is 221 g/mol. The van der Waals surface area contributed by atoms with Crippen LogP contribution in [0.3, 0.4) is 0 Å². The van der Waals surface area contributed by atoms with Crippen LogP contribution in [0.15, 0.2) is 55.2 Å². The molecule has 1 heteroatoms. The smallest absolute Gasteiger partial charge is 0.0484 e. The fourth-order valence-corrected chi connectivity index (χ4v) is 2.60. The molecule has 1 nitrogen and oxygen atoms in total. The minimum atomic E-state index is 0.533. The predicted octanol–water partition coefficient (Wildman–Crippen LogP) is 3.82. The van der Waals surface area contributed by atoms with Crippen LogP contribution in [0, 0.1) is 0 Å². The Morgan fingerprint density at radius 2 is 1.82 bits per heavy atom. The molecule has 0 aliphatic heterocycles. The number of hydrogen-bond donors (Lipinski definition) is 0. The van der Waals surface area contributed by atoms with Gasteiger partial charge >= 0.3 is 0 Å². The van der Waals surface area contributed by atoms with Crippen molar-refractivity contribution < 1.29 is 0 Å². The van der Waals surface area contributed by atoms with E-state index in [-0.39, 0.29) is 0 Å². The van der Waals surface area contributed by atoms with Crippen LogP contribution >= 0.6 is 0 Å². The molecule has 1 atom stereocenters. The highest BCUT2D eigenvalue weighted by Gasteiger charge is 2.22. The number of aromatic nitrogens is 1. The van der Waals surface area contributed by atoms with Crippen molar-refractivity contribution in [3.63, 3.8) is 0 Å². The summed E-state index contributed by atoms with van der Waals surface area (Å²) >= 11 is 0. The van der Waals surface area contributed by atoms with Crippen molar-refractivity contribution in [2.75, 3.05) is 0 Å². The van der Waals surface area contributed by atoms with Crippen LogP contribution in [-0.2, 0) is 6.42 Å². The quantitative estimate of drug-likeness (QED) is 0.713. The topological polar surface area (TPSA) is 12.9 Å². The van der Waals surface area contributed by atoms with Crippen molar-refractivity contribution in [2.45, 2.75) is 18.8 Å². The van der Waals surface area contributed by atoms with E-state index in [1.54, 1.807) is 0 Å². The summed E-state index contributed by atoms with van der Waals surface area (Å²) in [6.45, 7) is 4.19. The highest BCUT2D eigenvalue weighted by molar-refractivity contribution is 5.68. The summed E-state index contributed by atoms with van der Waals surface area (Å²) in [7, 11) is 0. The van der Waals surface area contributed by atoms with E-state index in [2.05, 4.69) is 48.0 Å². The Morgan fingerprint density at radius 1 is 1.00 bits per heavy atom. The van der Waals surface area contributed by atoms with Crippen LogP contribution in [0.4, 0.5) is 0 Å². The summed E-state index contributed by atoms with van der Waals surface area (Å²) in [5.74, 6) is 0.533. The molecule has 0 N–H and O–H groups in total.